The van der Waals surface area contributed by atoms with E-state index in [-0.39, 0.29) is 14.3 Å². The third-order valence-electron chi connectivity index (χ3n) is 9.75. The fourth-order valence-electron chi connectivity index (χ4n) is 10.1. The van der Waals surface area contributed by atoms with Crippen LogP contribution in [0.15, 0.2) is 0 Å². The molecular formula is C20H54Si12. The van der Waals surface area contributed by atoms with Crippen LogP contribution >= 0.6 is 0 Å². The van der Waals surface area contributed by atoms with Gasteiger partial charge in [-0.25, -0.2) is 0 Å². The third-order valence-corrected chi connectivity index (χ3v) is 360. The summed E-state index contributed by atoms with van der Waals surface area (Å²) < 4.78 is 0. The average molecular weight is 632 g/mol. The van der Waals surface area contributed by atoms with Crippen molar-refractivity contribution in [2.75, 3.05) is 0 Å². The molecule has 0 saturated carbocycles. The average Bonchev–Trinajstić information content (AvgIpc) is 3.23. The topological polar surface area (TPSA) is 0 Å². The summed E-state index contributed by atoms with van der Waals surface area (Å²) in [6.45, 7) is 51.7. The molecule has 2 saturated heterocycles. The van der Waals surface area contributed by atoms with Gasteiger partial charge in [-0.3, -0.25) is 0 Å². The van der Waals surface area contributed by atoms with Gasteiger partial charge in [0.05, 0.1) is 6.63 Å². The van der Waals surface area contributed by atoms with Gasteiger partial charge in [-0.2, -0.15) is 0 Å². The van der Waals surface area contributed by atoms with E-state index in [1.807, 2.05) is 0 Å². The summed E-state index contributed by atoms with van der Waals surface area (Å²) >= 11 is 0. The predicted molar refractivity (Wildman–Crippen MR) is 179 cm³/mol. The summed E-state index contributed by atoms with van der Waals surface area (Å²) in [5, 5.41) is 1.49. The lowest BCUT2D eigenvalue weighted by Gasteiger charge is -2.65. The Hall–Kier alpha value is 2.60. The van der Waals surface area contributed by atoms with Gasteiger partial charge in [-0.05, 0) is 24.4 Å². The minimum atomic E-state index is -1.12. The maximum atomic E-state index is 2.98. The van der Waals surface area contributed by atoms with Crippen molar-refractivity contribution in [3.63, 3.8) is 0 Å². The van der Waals surface area contributed by atoms with Crippen molar-refractivity contribution in [2.45, 2.75) is 130 Å². The molecule has 4 radical (unpaired) electrons. The second-order valence-corrected chi connectivity index (χ2v) is 149. The van der Waals surface area contributed by atoms with E-state index in [2.05, 4.69) is 120 Å². The highest BCUT2D eigenvalue weighted by Gasteiger charge is 3.04. The minimum Gasteiger partial charge on any atom is -0.0721 e. The van der Waals surface area contributed by atoms with Crippen molar-refractivity contribution in [3.8, 4) is 0 Å². The van der Waals surface area contributed by atoms with E-state index in [4.69, 9.17) is 0 Å². The highest BCUT2D eigenvalue weighted by atomic mass is 30.9. The zero-order valence-corrected chi connectivity index (χ0v) is 37.0. The Bertz CT molecular complexity index is 795. The molecule has 1 spiro atoms. The molecule has 1 atom stereocenters. The van der Waals surface area contributed by atoms with Crippen LogP contribution in [0.3, 0.4) is 0 Å². The minimum absolute atomic E-state index is 0.00399. The zero-order chi connectivity index (χ0) is 25.6. The lowest BCUT2D eigenvalue weighted by molar-refractivity contribution is 0.738. The fourth-order valence-corrected chi connectivity index (χ4v) is 865. The van der Waals surface area contributed by atoms with E-state index < -0.39 is 55.4 Å². The Kier molecular flexibility index (Phi) is 6.53. The fraction of sp³-hybridized carbons (Fsp3) is 1.00. The van der Waals surface area contributed by atoms with Crippen LogP contribution in [0.25, 0.3) is 0 Å². The number of rotatable bonds is 4. The Morgan fingerprint density at radius 3 is 0.969 bits per heavy atom. The Labute approximate surface area is 215 Å². The highest BCUT2D eigenvalue weighted by molar-refractivity contribution is 8.66. The lowest BCUT2D eigenvalue weighted by Crippen LogP contribution is -2.97. The molecule has 1 unspecified atom stereocenters. The van der Waals surface area contributed by atoms with E-state index in [1.54, 1.807) is 17.1 Å². The van der Waals surface area contributed by atoms with Crippen molar-refractivity contribution < 1.29 is 0 Å². The van der Waals surface area contributed by atoms with Gasteiger partial charge >= 0.3 is 0 Å². The van der Waals surface area contributed by atoms with E-state index in [0.717, 1.165) is 10.1 Å². The van der Waals surface area contributed by atoms with Crippen molar-refractivity contribution in [1.29, 1.82) is 0 Å². The number of hydrogen-bond acceptors (Lipinski definition) is 0. The molecule has 3 aliphatic rings. The van der Waals surface area contributed by atoms with Crippen molar-refractivity contribution in [3.05, 3.63) is 0 Å². The van der Waals surface area contributed by atoms with Crippen LogP contribution in [0.4, 0.5) is 0 Å². The maximum Gasteiger partial charge on any atom is 0.0558 e. The highest BCUT2D eigenvalue weighted by Crippen LogP contribution is 2.75. The first-order valence-electron chi connectivity index (χ1n) is 13.0. The molecule has 182 valence electrons. The van der Waals surface area contributed by atoms with Crippen LogP contribution in [-0.2, 0) is 0 Å². The van der Waals surface area contributed by atoms with Gasteiger partial charge in [-0.1, -0.05) is 120 Å². The molecule has 0 bridgehead atoms. The van der Waals surface area contributed by atoms with E-state index in [0.29, 0.717) is 0 Å². The predicted octanol–water partition coefficient (Wildman–Crippen LogP) is 5.94. The number of fused-ring (bicyclic) bond motifs is 3. The molecule has 12 heteroatoms. The van der Waals surface area contributed by atoms with Crippen LogP contribution in [-0.4, -0.2) is 86.9 Å². The van der Waals surface area contributed by atoms with Gasteiger partial charge in [0.25, 0.3) is 0 Å². The van der Waals surface area contributed by atoms with Crippen LogP contribution in [0.5, 0.6) is 0 Å². The summed E-state index contributed by atoms with van der Waals surface area (Å²) in [7, 11) is -1.28. The van der Waals surface area contributed by atoms with E-state index >= 15 is 0 Å². The van der Waals surface area contributed by atoms with E-state index in [1.165, 1.54) is 0 Å². The molecule has 0 aliphatic carbocycles. The molecule has 0 aromatic carbocycles. The molecule has 0 nitrogen and oxygen atoms in total. The largest absolute Gasteiger partial charge is 0.0721 e. The molecule has 32 heavy (non-hydrogen) atoms. The number of hydrogen-bond donors (Lipinski definition) is 0. The van der Waals surface area contributed by atoms with Gasteiger partial charge in [-0.15, -0.1) is 0 Å². The lowest BCUT2D eigenvalue weighted by atomic mass is 10.2. The third kappa shape index (κ3) is 2.92. The normalized spacial score (nSPS) is 29.4. The summed E-state index contributed by atoms with van der Waals surface area (Å²) in [6.07, 6.45) is -3.23. The second kappa shape index (κ2) is 7.17. The molecular weight excluding hydrogens is 577 g/mol. The first kappa shape index (κ1) is 29.2. The summed E-state index contributed by atoms with van der Waals surface area (Å²) in [6, 6.07) is 0. The van der Waals surface area contributed by atoms with Crippen LogP contribution in [0, 0.1) is 0 Å². The molecule has 0 aromatic heterocycles. The van der Waals surface area contributed by atoms with Crippen LogP contribution in [0.2, 0.25) is 88.6 Å². The summed E-state index contributed by atoms with van der Waals surface area (Å²) in [5.74, 6) is 0. The molecule has 3 heterocycles. The van der Waals surface area contributed by atoms with Gasteiger partial charge in [0.15, 0.2) is 0 Å². The van der Waals surface area contributed by atoms with Gasteiger partial charge < -0.3 is 0 Å². The molecule has 0 aromatic rings. The standard InChI is InChI=1S/C20H54Si12/c1-19(2,3)23-24-29(23,20(4,5)6)32(24)30(25(7,8)9,26(10,11)12)21-22-31(32,27(13,14)15)28(16,17)18/h1-18H3. The first-order chi connectivity index (χ1) is 13.7. The second-order valence-electron chi connectivity index (χ2n) is 17.5. The van der Waals surface area contributed by atoms with Gasteiger partial charge in [0, 0.05) is 65.9 Å². The van der Waals surface area contributed by atoms with Crippen LogP contribution < -0.4 is 0 Å². The molecule has 3 rings (SSSR count). The molecule has 3 aliphatic heterocycles. The quantitative estimate of drug-likeness (QED) is 0.337. The molecule has 0 N–H and O–H groups in total. The monoisotopic (exact) mass is 630 g/mol. The Morgan fingerprint density at radius 2 is 0.812 bits per heavy atom. The zero-order valence-electron chi connectivity index (χ0n) is 25.0. The Balaban J connectivity index is 2.62. The van der Waals surface area contributed by atoms with Gasteiger partial charge in [0.2, 0.25) is 0 Å². The smallest absolute Gasteiger partial charge is 0.0558 e. The van der Waals surface area contributed by atoms with E-state index in [9.17, 15) is 0 Å². The van der Waals surface area contributed by atoms with Crippen molar-refractivity contribution in [1.82, 2.24) is 0 Å². The van der Waals surface area contributed by atoms with Gasteiger partial charge in [0.1, 0.15) is 0 Å². The molecule has 0 amide bonds. The van der Waals surface area contributed by atoms with Crippen molar-refractivity contribution in [2.24, 2.45) is 0 Å². The first-order valence-corrected chi connectivity index (χ1v) is 54.0. The van der Waals surface area contributed by atoms with Crippen LogP contribution in [0.1, 0.15) is 41.5 Å². The molecule has 2 fully saturated rings. The van der Waals surface area contributed by atoms with Crippen molar-refractivity contribution >= 4 is 86.9 Å². The summed E-state index contributed by atoms with van der Waals surface area (Å²) in [5.41, 5.74) is 0. The summed E-state index contributed by atoms with van der Waals surface area (Å²) in [4.78, 5) is 0. The maximum absolute atomic E-state index is 2.98. The Morgan fingerprint density at radius 1 is 0.531 bits per heavy atom. The SMILES string of the molecule is CC(C)(C)[Si]1=[Si]2[Si]1(C(C)(C)C)[Si]21[Si]([Si](C)(C)C)([Si](C)(C)C)[Si][Si][Si]1([Si](C)(C)C)[Si](C)(C)C.